The van der Waals surface area contributed by atoms with Crippen LogP contribution in [0.4, 0.5) is 23.0 Å². The van der Waals surface area contributed by atoms with E-state index in [-0.39, 0.29) is 29.1 Å². The van der Waals surface area contributed by atoms with Crippen molar-refractivity contribution < 1.29 is 9.59 Å². The molecule has 10 nitrogen and oxygen atoms in total. The van der Waals surface area contributed by atoms with Crippen LogP contribution in [-0.4, -0.2) is 78.5 Å². The summed E-state index contributed by atoms with van der Waals surface area (Å²) in [7, 11) is 2.14. The standard InChI is InChI=1S/C33H44N8O2/c1-22-27(37-32(43)23-8-10-24(11-9-23)33(2,3)4)7-6-16-41(22)28-21-35-29(30(34)42)31(38-28)36-25-12-14-26(15-13-25)40-19-17-39(5)18-20-40/h8-15,21-22,27H,6-7,16-20H2,1-5H3,(H2,34,42)(H,36,38)(H,37,43)/t22-,27?/m1/s1. The quantitative estimate of drug-likeness (QED) is 0.379. The lowest BCUT2D eigenvalue weighted by Crippen LogP contribution is -2.54. The number of carbonyl (C=O) groups excluding carboxylic acids is 2. The molecule has 3 heterocycles. The minimum absolute atomic E-state index is 0.0280. The summed E-state index contributed by atoms with van der Waals surface area (Å²) in [5.74, 6) is 0.207. The molecule has 2 aliphatic heterocycles. The van der Waals surface area contributed by atoms with Crippen LogP contribution in [0.5, 0.6) is 0 Å². The van der Waals surface area contributed by atoms with Gasteiger partial charge in [0.1, 0.15) is 5.82 Å². The number of nitrogens with zero attached hydrogens (tertiary/aromatic N) is 5. The number of piperazine rings is 1. The van der Waals surface area contributed by atoms with Crippen molar-refractivity contribution in [1.29, 1.82) is 0 Å². The number of hydrogen-bond donors (Lipinski definition) is 3. The van der Waals surface area contributed by atoms with Gasteiger partial charge in [-0.1, -0.05) is 32.9 Å². The van der Waals surface area contributed by atoms with Crippen molar-refractivity contribution in [3.8, 4) is 0 Å². The summed E-state index contributed by atoms with van der Waals surface area (Å²) in [5.41, 5.74) is 9.57. The predicted octanol–water partition coefficient (Wildman–Crippen LogP) is 4.16. The summed E-state index contributed by atoms with van der Waals surface area (Å²) < 4.78 is 0. The predicted molar refractivity (Wildman–Crippen MR) is 172 cm³/mol. The Morgan fingerprint density at radius 2 is 1.63 bits per heavy atom. The Labute approximate surface area is 254 Å². The number of likely N-dealkylation sites (N-methyl/N-ethyl adjacent to an activating group) is 1. The fraction of sp³-hybridized carbons (Fsp3) is 0.455. The first-order valence-corrected chi connectivity index (χ1v) is 15.1. The number of anilines is 4. The molecular formula is C33H44N8O2. The molecule has 0 spiro atoms. The second kappa shape index (κ2) is 12.6. The highest BCUT2D eigenvalue weighted by Gasteiger charge is 2.31. The molecule has 0 aliphatic carbocycles. The molecule has 0 saturated carbocycles. The Bertz CT molecular complexity index is 1430. The molecule has 3 aromatic rings. The van der Waals surface area contributed by atoms with Crippen LogP contribution < -0.4 is 26.2 Å². The number of piperidine rings is 1. The summed E-state index contributed by atoms with van der Waals surface area (Å²) in [4.78, 5) is 41.4. The Balaban J connectivity index is 1.29. The van der Waals surface area contributed by atoms with Crippen LogP contribution in [0.3, 0.4) is 0 Å². The highest BCUT2D eigenvalue weighted by Crippen LogP contribution is 2.28. The summed E-state index contributed by atoms with van der Waals surface area (Å²) in [5, 5.41) is 6.50. The SMILES string of the molecule is C[C@@H]1C(NC(=O)c2ccc(C(C)(C)C)cc2)CCCN1c1cnc(C(N)=O)c(Nc2ccc(N3CCN(C)CC3)cc2)n1. The normalized spacial score (nSPS) is 19.7. The number of primary amides is 1. The average molecular weight is 585 g/mol. The second-order valence-electron chi connectivity index (χ2n) is 12.7. The van der Waals surface area contributed by atoms with Gasteiger partial charge >= 0.3 is 0 Å². The van der Waals surface area contributed by atoms with Gasteiger partial charge in [0.25, 0.3) is 11.8 Å². The molecule has 228 valence electrons. The van der Waals surface area contributed by atoms with Gasteiger partial charge in [0.2, 0.25) is 0 Å². The number of amides is 2. The van der Waals surface area contributed by atoms with Gasteiger partial charge in [0.15, 0.2) is 11.5 Å². The lowest BCUT2D eigenvalue weighted by Gasteiger charge is -2.40. The van der Waals surface area contributed by atoms with Crippen molar-refractivity contribution in [1.82, 2.24) is 20.2 Å². The number of rotatable bonds is 7. The van der Waals surface area contributed by atoms with Gasteiger partial charge in [-0.25, -0.2) is 9.97 Å². The van der Waals surface area contributed by atoms with Crippen molar-refractivity contribution >= 4 is 34.8 Å². The molecule has 1 aromatic heterocycles. The van der Waals surface area contributed by atoms with E-state index >= 15 is 0 Å². The number of nitrogens with one attached hydrogen (secondary N) is 2. The van der Waals surface area contributed by atoms with E-state index in [1.807, 2.05) is 36.4 Å². The summed E-state index contributed by atoms with van der Waals surface area (Å²) in [6.07, 6.45) is 3.34. The zero-order valence-corrected chi connectivity index (χ0v) is 25.9. The van der Waals surface area contributed by atoms with E-state index in [1.165, 1.54) is 5.56 Å². The molecule has 2 fully saturated rings. The molecule has 2 amide bonds. The third-order valence-corrected chi connectivity index (χ3v) is 8.60. The number of benzene rings is 2. The number of aromatic nitrogens is 2. The fourth-order valence-corrected chi connectivity index (χ4v) is 5.78. The van der Waals surface area contributed by atoms with E-state index in [4.69, 9.17) is 10.7 Å². The third kappa shape index (κ3) is 7.07. The molecule has 2 aromatic carbocycles. The first kappa shape index (κ1) is 30.3. The highest BCUT2D eigenvalue weighted by atomic mass is 16.2. The monoisotopic (exact) mass is 584 g/mol. The van der Waals surface area contributed by atoms with Crippen LogP contribution in [-0.2, 0) is 5.41 Å². The van der Waals surface area contributed by atoms with Gasteiger partial charge in [0, 0.05) is 61.7 Å². The Morgan fingerprint density at radius 3 is 2.26 bits per heavy atom. The number of carbonyl (C=O) groups is 2. The van der Waals surface area contributed by atoms with E-state index in [9.17, 15) is 9.59 Å². The van der Waals surface area contributed by atoms with Gasteiger partial charge in [-0.15, -0.1) is 0 Å². The number of nitrogens with two attached hydrogens (primary N) is 1. The van der Waals surface area contributed by atoms with Gasteiger partial charge in [-0.3, -0.25) is 9.59 Å². The minimum Gasteiger partial charge on any atom is -0.369 e. The fourth-order valence-electron chi connectivity index (χ4n) is 5.78. The molecule has 43 heavy (non-hydrogen) atoms. The first-order chi connectivity index (χ1) is 20.5. The second-order valence-corrected chi connectivity index (χ2v) is 12.7. The summed E-state index contributed by atoms with van der Waals surface area (Å²) in [6, 6.07) is 15.8. The maximum absolute atomic E-state index is 13.2. The zero-order valence-electron chi connectivity index (χ0n) is 25.9. The van der Waals surface area contributed by atoms with Gasteiger partial charge < -0.3 is 31.1 Å². The Kier molecular flexibility index (Phi) is 8.87. The molecule has 0 bridgehead atoms. The van der Waals surface area contributed by atoms with Crippen molar-refractivity contribution in [2.24, 2.45) is 5.73 Å². The van der Waals surface area contributed by atoms with Crippen LogP contribution in [0.15, 0.2) is 54.7 Å². The Morgan fingerprint density at radius 1 is 0.953 bits per heavy atom. The lowest BCUT2D eigenvalue weighted by atomic mass is 9.86. The van der Waals surface area contributed by atoms with Crippen molar-refractivity contribution in [2.75, 3.05) is 54.9 Å². The molecule has 5 rings (SSSR count). The van der Waals surface area contributed by atoms with Gasteiger partial charge in [-0.05, 0) is 74.2 Å². The molecule has 0 radical (unpaired) electrons. The van der Waals surface area contributed by atoms with Crippen LogP contribution in [0.1, 0.15) is 66.9 Å². The highest BCUT2D eigenvalue weighted by molar-refractivity contribution is 5.96. The van der Waals surface area contributed by atoms with Crippen LogP contribution in [0.2, 0.25) is 0 Å². The van der Waals surface area contributed by atoms with E-state index in [0.29, 0.717) is 17.2 Å². The van der Waals surface area contributed by atoms with Crippen LogP contribution >= 0.6 is 0 Å². The molecule has 2 atom stereocenters. The molecule has 2 saturated heterocycles. The molecular weight excluding hydrogens is 540 g/mol. The van der Waals surface area contributed by atoms with Crippen molar-refractivity contribution in [3.05, 3.63) is 71.5 Å². The largest absolute Gasteiger partial charge is 0.369 e. The molecule has 2 aliphatic rings. The maximum Gasteiger partial charge on any atom is 0.271 e. The van der Waals surface area contributed by atoms with Crippen molar-refractivity contribution in [2.45, 2.75) is 58.0 Å². The lowest BCUT2D eigenvalue weighted by molar-refractivity contribution is 0.0923. The van der Waals surface area contributed by atoms with Gasteiger partial charge in [0.05, 0.1) is 6.20 Å². The number of hydrogen-bond acceptors (Lipinski definition) is 8. The van der Waals surface area contributed by atoms with Crippen LogP contribution in [0, 0.1) is 0 Å². The molecule has 10 heteroatoms. The smallest absolute Gasteiger partial charge is 0.271 e. The van der Waals surface area contributed by atoms with E-state index in [1.54, 1.807) is 6.20 Å². The van der Waals surface area contributed by atoms with E-state index < -0.39 is 5.91 Å². The zero-order chi connectivity index (χ0) is 30.7. The maximum atomic E-state index is 13.2. The van der Waals surface area contributed by atoms with Gasteiger partial charge in [-0.2, -0.15) is 0 Å². The van der Waals surface area contributed by atoms with E-state index in [2.05, 4.69) is 77.2 Å². The molecule has 4 N–H and O–H groups in total. The van der Waals surface area contributed by atoms with Crippen LogP contribution in [0.25, 0.3) is 0 Å². The third-order valence-electron chi connectivity index (χ3n) is 8.60. The van der Waals surface area contributed by atoms with E-state index in [0.717, 1.165) is 56.9 Å². The molecule has 1 unspecified atom stereocenters. The first-order valence-electron chi connectivity index (χ1n) is 15.1. The topological polar surface area (TPSA) is 120 Å². The summed E-state index contributed by atoms with van der Waals surface area (Å²) >= 11 is 0. The minimum atomic E-state index is -0.648. The van der Waals surface area contributed by atoms with Crippen molar-refractivity contribution in [3.63, 3.8) is 0 Å². The Hall–Kier alpha value is -4.18. The summed E-state index contributed by atoms with van der Waals surface area (Å²) in [6.45, 7) is 13.4. The average Bonchev–Trinajstić information content (AvgIpc) is 2.98.